The van der Waals surface area contributed by atoms with Crippen molar-refractivity contribution in [3.8, 4) is 0 Å². The summed E-state index contributed by atoms with van der Waals surface area (Å²) in [6, 6.07) is 1.04. The molecule has 3 nitrogen and oxygen atoms in total. The first-order valence-corrected chi connectivity index (χ1v) is 13.5. The van der Waals surface area contributed by atoms with Gasteiger partial charge in [-0.25, -0.2) is 0 Å². The average Bonchev–Trinajstić information content (AvgIpc) is 2.64. The number of amides is 1. The number of nitrogens with zero attached hydrogens (tertiary/aromatic N) is 1. The zero-order valence-electron chi connectivity index (χ0n) is 23.2. The summed E-state index contributed by atoms with van der Waals surface area (Å²) in [7, 11) is 0. The van der Waals surface area contributed by atoms with Gasteiger partial charge in [0.2, 0.25) is 5.91 Å². The Labute approximate surface area is 208 Å². The van der Waals surface area contributed by atoms with Gasteiger partial charge in [-0.2, -0.15) is 0 Å². The molecule has 0 fully saturated rings. The number of hydrogen-bond acceptors (Lipinski definition) is 2. The molecule has 1 N–H and O–H groups in total. The number of carbonyl (C=O) groups is 1. The maximum absolute atomic E-state index is 12.3. The smallest absolute Gasteiger partial charge is 0.220 e. The second-order valence-corrected chi connectivity index (χ2v) is 11.5. The fourth-order valence-electron chi connectivity index (χ4n) is 4.72. The Bertz CT molecular complexity index is 431. The maximum atomic E-state index is 12.3. The zero-order chi connectivity index (χ0) is 23.8. The quantitative estimate of drug-likeness (QED) is 0.205. The summed E-state index contributed by atoms with van der Waals surface area (Å²) in [5.41, 5.74) is 0. The Hall–Kier alpha value is -0.280. The topological polar surface area (TPSA) is 32.3 Å². The fourth-order valence-corrected chi connectivity index (χ4v) is 4.72. The van der Waals surface area contributed by atoms with Crippen LogP contribution in [0.1, 0.15) is 127 Å². The molecule has 0 spiro atoms. The van der Waals surface area contributed by atoms with Crippen molar-refractivity contribution in [1.82, 2.24) is 10.2 Å². The summed E-state index contributed by atoms with van der Waals surface area (Å²) in [5, 5.41) is 3.13. The number of hydrogen-bond donors (Lipinski definition) is 1. The second-order valence-electron chi connectivity index (χ2n) is 11.5. The monoisotopic (exact) mass is 474 g/mol. The molecule has 0 aromatic heterocycles. The lowest BCUT2D eigenvalue weighted by Crippen LogP contribution is -2.42. The van der Waals surface area contributed by atoms with Gasteiger partial charge < -0.3 is 5.32 Å². The van der Waals surface area contributed by atoms with Crippen LogP contribution in [0.5, 0.6) is 0 Å². The Morgan fingerprint density at radius 2 is 1.06 bits per heavy atom. The molecule has 0 aromatic carbocycles. The minimum atomic E-state index is 0. The SMILES string of the molecule is CC(C)CCCC(C)CCCC(C)CCCC(C)CC(=O)NCCN(C(C)C)C(C)C.Cl. The van der Waals surface area contributed by atoms with Crippen molar-refractivity contribution >= 4 is 18.3 Å². The predicted octanol–water partition coefficient (Wildman–Crippen LogP) is 8.11. The minimum Gasteiger partial charge on any atom is -0.355 e. The summed E-state index contributed by atoms with van der Waals surface area (Å²) < 4.78 is 0. The van der Waals surface area contributed by atoms with Crippen LogP contribution in [-0.4, -0.2) is 36.0 Å². The van der Waals surface area contributed by atoms with E-state index in [1.807, 2.05) is 0 Å². The van der Waals surface area contributed by atoms with E-state index in [-0.39, 0.29) is 18.3 Å². The molecule has 0 heterocycles. The van der Waals surface area contributed by atoms with Crippen LogP contribution in [0, 0.1) is 23.7 Å². The van der Waals surface area contributed by atoms with Gasteiger partial charge in [-0.3, -0.25) is 9.69 Å². The molecule has 3 unspecified atom stereocenters. The van der Waals surface area contributed by atoms with Crippen LogP contribution in [-0.2, 0) is 4.79 Å². The molecule has 0 saturated heterocycles. The van der Waals surface area contributed by atoms with Gasteiger partial charge in [-0.15, -0.1) is 12.4 Å². The van der Waals surface area contributed by atoms with Gasteiger partial charge in [0, 0.05) is 31.6 Å². The fraction of sp³-hybridized carbons (Fsp3) is 0.964. The van der Waals surface area contributed by atoms with Crippen LogP contribution >= 0.6 is 12.4 Å². The van der Waals surface area contributed by atoms with Crippen molar-refractivity contribution < 1.29 is 4.79 Å². The second kappa shape index (κ2) is 20.1. The van der Waals surface area contributed by atoms with Crippen LogP contribution in [0.3, 0.4) is 0 Å². The lowest BCUT2D eigenvalue weighted by atomic mass is 9.90. The van der Waals surface area contributed by atoms with Crippen molar-refractivity contribution in [3.63, 3.8) is 0 Å². The highest BCUT2D eigenvalue weighted by Crippen LogP contribution is 2.22. The highest BCUT2D eigenvalue weighted by molar-refractivity contribution is 5.85. The zero-order valence-corrected chi connectivity index (χ0v) is 24.0. The number of nitrogens with one attached hydrogen (secondary N) is 1. The summed E-state index contributed by atoms with van der Waals surface area (Å²) in [6.45, 7) is 22.3. The third kappa shape index (κ3) is 19.2. The third-order valence-corrected chi connectivity index (χ3v) is 6.82. The van der Waals surface area contributed by atoms with E-state index in [0.717, 1.165) is 30.8 Å². The number of carbonyl (C=O) groups excluding carboxylic acids is 1. The van der Waals surface area contributed by atoms with Gasteiger partial charge >= 0.3 is 0 Å². The van der Waals surface area contributed by atoms with E-state index in [0.29, 0.717) is 24.4 Å². The van der Waals surface area contributed by atoms with E-state index in [1.54, 1.807) is 0 Å². The Morgan fingerprint density at radius 3 is 1.47 bits per heavy atom. The molecule has 1 amide bonds. The van der Waals surface area contributed by atoms with Crippen molar-refractivity contribution in [2.45, 2.75) is 139 Å². The van der Waals surface area contributed by atoms with Crippen molar-refractivity contribution in [2.24, 2.45) is 23.7 Å². The molecule has 194 valence electrons. The Morgan fingerprint density at radius 1 is 0.656 bits per heavy atom. The molecular weight excluding hydrogens is 416 g/mol. The van der Waals surface area contributed by atoms with Gasteiger partial charge in [0.25, 0.3) is 0 Å². The van der Waals surface area contributed by atoms with E-state index in [9.17, 15) is 4.79 Å². The molecular formula is C28H59ClN2O. The molecule has 0 aliphatic carbocycles. The molecule has 32 heavy (non-hydrogen) atoms. The number of halogens is 1. The minimum absolute atomic E-state index is 0. The molecule has 0 aromatic rings. The van der Waals surface area contributed by atoms with Gasteiger partial charge in [0.05, 0.1) is 0 Å². The summed E-state index contributed by atoms with van der Waals surface area (Å²) in [5.74, 6) is 3.26. The molecule has 0 radical (unpaired) electrons. The van der Waals surface area contributed by atoms with E-state index < -0.39 is 0 Å². The standard InChI is InChI=1S/C28H58N2O.ClH/c1-22(2)13-10-14-25(7)15-11-16-26(8)17-12-18-27(9)21-28(31)29-19-20-30(23(3)4)24(5)6;/h22-27H,10-21H2,1-9H3,(H,29,31);1H. The highest BCUT2D eigenvalue weighted by atomic mass is 35.5. The van der Waals surface area contributed by atoms with Gasteiger partial charge in [0.1, 0.15) is 0 Å². The van der Waals surface area contributed by atoms with Crippen LogP contribution < -0.4 is 5.32 Å². The Balaban J connectivity index is 0. The molecule has 3 atom stereocenters. The van der Waals surface area contributed by atoms with E-state index >= 15 is 0 Å². The highest BCUT2D eigenvalue weighted by Gasteiger charge is 2.14. The average molecular weight is 475 g/mol. The van der Waals surface area contributed by atoms with Gasteiger partial charge in [-0.1, -0.05) is 92.4 Å². The summed E-state index contributed by atoms with van der Waals surface area (Å²) in [6.07, 6.45) is 12.7. The number of rotatable bonds is 19. The molecule has 0 bridgehead atoms. The molecule has 0 rings (SSSR count). The Kier molecular flexibility index (Phi) is 21.3. The first kappa shape index (κ1) is 33.9. The lowest BCUT2D eigenvalue weighted by Gasteiger charge is -2.30. The maximum Gasteiger partial charge on any atom is 0.220 e. The van der Waals surface area contributed by atoms with Gasteiger partial charge in [-0.05, 0) is 51.4 Å². The van der Waals surface area contributed by atoms with Gasteiger partial charge in [0.15, 0.2) is 0 Å². The van der Waals surface area contributed by atoms with Crippen LogP contribution in [0.25, 0.3) is 0 Å². The molecule has 0 aliphatic heterocycles. The molecule has 0 saturated carbocycles. The normalized spacial score (nSPS) is 14.7. The molecule has 0 aliphatic rings. The lowest BCUT2D eigenvalue weighted by molar-refractivity contribution is -0.122. The third-order valence-electron chi connectivity index (χ3n) is 6.82. The summed E-state index contributed by atoms with van der Waals surface area (Å²) >= 11 is 0. The van der Waals surface area contributed by atoms with E-state index in [4.69, 9.17) is 0 Å². The van der Waals surface area contributed by atoms with Crippen molar-refractivity contribution in [2.75, 3.05) is 13.1 Å². The van der Waals surface area contributed by atoms with Crippen LogP contribution in [0.2, 0.25) is 0 Å². The molecule has 4 heteroatoms. The van der Waals surface area contributed by atoms with Crippen LogP contribution in [0.15, 0.2) is 0 Å². The summed E-state index contributed by atoms with van der Waals surface area (Å²) in [4.78, 5) is 14.7. The first-order valence-electron chi connectivity index (χ1n) is 13.5. The van der Waals surface area contributed by atoms with Crippen molar-refractivity contribution in [1.29, 1.82) is 0 Å². The van der Waals surface area contributed by atoms with E-state index in [1.165, 1.54) is 57.8 Å². The van der Waals surface area contributed by atoms with Crippen LogP contribution in [0.4, 0.5) is 0 Å². The van der Waals surface area contributed by atoms with Crippen molar-refractivity contribution in [3.05, 3.63) is 0 Å². The van der Waals surface area contributed by atoms with E-state index in [2.05, 4.69) is 72.5 Å². The first-order chi connectivity index (χ1) is 14.5. The largest absolute Gasteiger partial charge is 0.355 e. The predicted molar refractivity (Wildman–Crippen MR) is 146 cm³/mol.